The summed E-state index contributed by atoms with van der Waals surface area (Å²) in [6, 6.07) is 6.37. The second-order valence-corrected chi connectivity index (χ2v) is 5.26. The Morgan fingerprint density at radius 3 is 1.80 bits per heavy atom. The lowest BCUT2D eigenvalue weighted by Crippen LogP contribution is -1.89. The molecule has 0 aliphatic heterocycles. The second-order valence-electron chi connectivity index (χ2n) is 2.70. The van der Waals surface area contributed by atoms with Gasteiger partial charge in [-0.2, -0.15) is 0 Å². The Morgan fingerprint density at radius 1 is 1.13 bits per heavy atom. The van der Waals surface area contributed by atoms with Crippen LogP contribution in [0.2, 0.25) is 0 Å². The highest BCUT2D eigenvalue weighted by molar-refractivity contribution is 8.13. The number of aliphatic hydroxyl groups is 2. The first-order valence-corrected chi connectivity index (χ1v) is 6.45. The third-order valence-electron chi connectivity index (χ3n) is 1.40. The van der Waals surface area contributed by atoms with Gasteiger partial charge in [-0.3, -0.25) is 0 Å². The largest absolute Gasteiger partial charge is 0.394 e. The van der Waals surface area contributed by atoms with Gasteiger partial charge in [-0.1, -0.05) is 17.7 Å². The van der Waals surface area contributed by atoms with Crippen molar-refractivity contribution in [1.29, 1.82) is 0 Å². The minimum Gasteiger partial charge on any atom is -0.394 e. The predicted molar refractivity (Wildman–Crippen MR) is 58.4 cm³/mol. The van der Waals surface area contributed by atoms with E-state index in [4.69, 9.17) is 20.9 Å². The summed E-state index contributed by atoms with van der Waals surface area (Å²) in [7, 11) is 1.54. The number of halogens is 1. The first-order valence-electron chi connectivity index (χ1n) is 4.15. The lowest BCUT2D eigenvalue weighted by molar-refractivity contribution is 0.186. The van der Waals surface area contributed by atoms with E-state index in [0.29, 0.717) is 0 Å². The molecule has 0 aliphatic rings. The summed E-state index contributed by atoms with van der Waals surface area (Å²) >= 11 is 0. The average Bonchev–Trinajstić information content (AvgIpc) is 2.17. The van der Waals surface area contributed by atoms with Crippen LogP contribution in [-0.4, -0.2) is 31.8 Å². The van der Waals surface area contributed by atoms with E-state index in [9.17, 15) is 8.42 Å². The molecule has 6 heteroatoms. The highest BCUT2D eigenvalue weighted by atomic mass is 35.7. The fourth-order valence-electron chi connectivity index (χ4n) is 0.701. The Bertz CT molecular complexity index is 370. The van der Waals surface area contributed by atoms with Crippen LogP contribution in [0.1, 0.15) is 5.56 Å². The molecule has 0 fully saturated rings. The quantitative estimate of drug-likeness (QED) is 0.767. The van der Waals surface area contributed by atoms with Crippen molar-refractivity contribution in [3.63, 3.8) is 0 Å². The van der Waals surface area contributed by atoms with E-state index in [0.717, 1.165) is 5.56 Å². The summed E-state index contributed by atoms with van der Waals surface area (Å²) in [5.41, 5.74) is 1.01. The van der Waals surface area contributed by atoms with Crippen molar-refractivity contribution < 1.29 is 18.6 Å². The summed E-state index contributed by atoms with van der Waals surface area (Å²) in [6.45, 7) is 1.63. The lowest BCUT2D eigenvalue weighted by Gasteiger charge is -1.94. The molecular weight excluding hydrogens is 240 g/mol. The molecule has 0 atom stereocenters. The molecule has 1 aromatic rings. The van der Waals surface area contributed by atoms with Crippen LogP contribution in [0, 0.1) is 6.92 Å². The van der Waals surface area contributed by atoms with Gasteiger partial charge < -0.3 is 10.2 Å². The van der Waals surface area contributed by atoms with Crippen LogP contribution in [0.15, 0.2) is 29.2 Å². The van der Waals surface area contributed by atoms with Gasteiger partial charge in [-0.25, -0.2) is 8.42 Å². The molecule has 0 spiro atoms. The molecular formula is C9H13ClO4S. The Hall–Kier alpha value is -0.620. The monoisotopic (exact) mass is 252 g/mol. The summed E-state index contributed by atoms with van der Waals surface area (Å²) < 4.78 is 21.4. The minimum atomic E-state index is -3.55. The number of aliphatic hydroxyl groups excluding tert-OH is 2. The molecule has 1 rings (SSSR count). The minimum absolute atomic E-state index is 0.125. The van der Waals surface area contributed by atoms with Crippen LogP contribution in [0.5, 0.6) is 0 Å². The maximum Gasteiger partial charge on any atom is 0.261 e. The lowest BCUT2D eigenvalue weighted by atomic mass is 10.2. The highest BCUT2D eigenvalue weighted by Crippen LogP contribution is 2.14. The summed E-state index contributed by atoms with van der Waals surface area (Å²) in [4.78, 5) is 0.143. The zero-order valence-electron chi connectivity index (χ0n) is 8.22. The van der Waals surface area contributed by atoms with Crippen molar-refractivity contribution >= 4 is 19.7 Å². The Balaban J connectivity index is 0.000000423. The zero-order chi connectivity index (χ0) is 11.9. The van der Waals surface area contributed by atoms with Crippen molar-refractivity contribution in [3.8, 4) is 0 Å². The first-order chi connectivity index (χ1) is 6.91. The Labute approximate surface area is 93.6 Å². The molecule has 0 amide bonds. The molecule has 86 valence electrons. The van der Waals surface area contributed by atoms with Gasteiger partial charge in [-0.15, -0.1) is 0 Å². The molecule has 0 aromatic heterocycles. The average molecular weight is 253 g/mol. The van der Waals surface area contributed by atoms with E-state index in [-0.39, 0.29) is 18.1 Å². The van der Waals surface area contributed by atoms with E-state index in [2.05, 4.69) is 0 Å². The molecule has 0 bridgehead atoms. The fourth-order valence-corrected chi connectivity index (χ4v) is 1.47. The van der Waals surface area contributed by atoms with Gasteiger partial charge in [0.2, 0.25) is 0 Å². The van der Waals surface area contributed by atoms with Gasteiger partial charge in [0, 0.05) is 10.7 Å². The second kappa shape index (κ2) is 6.79. The molecule has 2 N–H and O–H groups in total. The topological polar surface area (TPSA) is 74.6 Å². The summed E-state index contributed by atoms with van der Waals surface area (Å²) in [5.74, 6) is 0. The third-order valence-corrected chi connectivity index (χ3v) is 2.77. The molecule has 0 unspecified atom stereocenters. The molecule has 0 saturated carbocycles. The fraction of sp³-hybridized carbons (Fsp3) is 0.333. The number of benzene rings is 1. The molecule has 0 saturated heterocycles. The van der Waals surface area contributed by atoms with Gasteiger partial charge in [0.15, 0.2) is 0 Å². The van der Waals surface area contributed by atoms with E-state index in [1.807, 2.05) is 6.92 Å². The highest BCUT2D eigenvalue weighted by Gasteiger charge is 2.07. The number of aryl methyl sites for hydroxylation is 1. The van der Waals surface area contributed by atoms with Gasteiger partial charge in [0.1, 0.15) is 0 Å². The van der Waals surface area contributed by atoms with Crippen molar-refractivity contribution in [1.82, 2.24) is 0 Å². The SMILES string of the molecule is Cc1ccc(S(=O)(=O)Cl)cc1.OCCO. The number of hydrogen-bond donors (Lipinski definition) is 2. The molecule has 4 nitrogen and oxygen atoms in total. The summed E-state index contributed by atoms with van der Waals surface area (Å²) in [6.07, 6.45) is 0. The van der Waals surface area contributed by atoms with Crippen LogP contribution < -0.4 is 0 Å². The maximum absolute atomic E-state index is 10.7. The van der Waals surface area contributed by atoms with Crippen LogP contribution in [-0.2, 0) is 9.05 Å². The first kappa shape index (κ1) is 14.4. The molecule has 0 aliphatic carbocycles. The molecule has 15 heavy (non-hydrogen) atoms. The van der Waals surface area contributed by atoms with E-state index >= 15 is 0 Å². The normalized spacial score (nSPS) is 10.4. The summed E-state index contributed by atoms with van der Waals surface area (Å²) in [5, 5.41) is 15.2. The van der Waals surface area contributed by atoms with Crippen molar-refractivity contribution in [2.24, 2.45) is 0 Å². The van der Waals surface area contributed by atoms with Gasteiger partial charge in [0.25, 0.3) is 9.05 Å². The van der Waals surface area contributed by atoms with Crippen molar-refractivity contribution in [3.05, 3.63) is 29.8 Å². The smallest absolute Gasteiger partial charge is 0.261 e. The van der Waals surface area contributed by atoms with E-state index in [1.165, 1.54) is 12.1 Å². The Morgan fingerprint density at radius 2 is 1.53 bits per heavy atom. The molecule has 0 heterocycles. The van der Waals surface area contributed by atoms with Crippen LogP contribution >= 0.6 is 10.7 Å². The van der Waals surface area contributed by atoms with Crippen LogP contribution in [0.3, 0.4) is 0 Å². The zero-order valence-corrected chi connectivity index (χ0v) is 9.79. The standard InChI is InChI=1S/C7H7ClO2S.C2H6O2/c1-6-2-4-7(5-3-6)11(8,9)10;3-1-2-4/h2-5H,1H3;3-4H,1-2H2. The predicted octanol–water partition coefficient (Wildman–Crippen LogP) is 0.894. The van der Waals surface area contributed by atoms with Gasteiger partial charge in [-0.05, 0) is 19.1 Å². The Kier molecular flexibility index (Phi) is 6.51. The van der Waals surface area contributed by atoms with Crippen molar-refractivity contribution in [2.75, 3.05) is 13.2 Å². The van der Waals surface area contributed by atoms with Crippen molar-refractivity contribution in [2.45, 2.75) is 11.8 Å². The van der Waals surface area contributed by atoms with Crippen LogP contribution in [0.25, 0.3) is 0 Å². The van der Waals surface area contributed by atoms with Gasteiger partial charge in [0.05, 0.1) is 18.1 Å². The van der Waals surface area contributed by atoms with Gasteiger partial charge >= 0.3 is 0 Å². The van der Waals surface area contributed by atoms with E-state index in [1.54, 1.807) is 12.1 Å². The molecule has 0 radical (unpaired) electrons. The van der Waals surface area contributed by atoms with E-state index < -0.39 is 9.05 Å². The number of rotatable bonds is 2. The maximum atomic E-state index is 10.7. The number of hydrogen-bond acceptors (Lipinski definition) is 4. The molecule has 1 aromatic carbocycles. The van der Waals surface area contributed by atoms with Crippen LogP contribution in [0.4, 0.5) is 0 Å². The third kappa shape index (κ3) is 6.46.